The molecule has 0 saturated carbocycles. The van der Waals surface area contributed by atoms with Crippen LogP contribution in [0.5, 0.6) is 5.75 Å². The van der Waals surface area contributed by atoms with Gasteiger partial charge in [0.25, 0.3) is 0 Å². The molecule has 0 bridgehead atoms. The van der Waals surface area contributed by atoms with Crippen LogP contribution in [0.25, 0.3) is 0 Å². The topological polar surface area (TPSA) is 50.8 Å². The lowest BCUT2D eigenvalue weighted by Gasteiger charge is -2.38. The van der Waals surface area contributed by atoms with Crippen molar-refractivity contribution in [3.8, 4) is 5.75 Å². The molecule has 0 aliphatic carbocycles. The predicted octanol–water partition coefficient (Wildman–Crippen LogP) is 2.71. The summed E-state index contributed by atoms with van der Waals surface area (Å²) in [5, 5.41) is 3.25. The van der Waals surface area contributed by atoms with Crippen LogP contribution in [0.15, 0.2) is 30.9 Å². The Balaban J connectivity index is 1.99. The van der Waals surface area contributed by atoms with E-state index in [9.17, 15) is 9.18 Å². The maximum Gasteiger partial charge on any atom is 0.410 e. The van der Waals surface area contributed by atoms with Gasteiger partial charge in [0.15, 0.2) is 0 Å². The fourth-order valence-corrected chi connectivity index (χ4v) is 2.61. The summed E-state index contributed by atoms with van der Waals surface area (Å²) in [6, 6.07) is 4.45. The molecule has 1 saturated heterocycles. The minimum atomic E-state index is -0.427. The van der Waals surface area contributed by atoms with Crippen LogP contribution >= 0.6 is 0 Å². The van der Waals surface area contributed by atoms with Crippen molar-refractivity contribution in [2.24, 2.45) is 0 Å². The Hall–Kier alpha value is -2.08. The molecule has 1 aromatic rings. The Morgan fingerprint density at radius 1 is 1.43 bits per heavy atom. The molecule has 126 valence electrons. The van der Waals surface area contributed by atoms with Crippen LogP contribution in [-0.4, -0.2) is 42.8 Å². The Morgan fingerprint density at radius 2 is 2.13 bits per heavy atom. The number of carbonyl (C=O) groups is 1. The molecule has 1 heterocycles. The fourth-order valence-electron chi connectivity index (χ4n) is 2.61. The monoisotopic (exact) mass is 322 g/mol. The van der Waals surface area contributed by atoms with Gasteiger partial charge in [-0.3, -0.25) is 0 Å². The highest BCUT2D eigenvalue weighted by Gasteiger charge is 2.30. The van der Waals surface area contributed by atoms with Gasteiger partial charge in [0.1, 0.15) is 24.8 Å². The van der Waals surface area contributed by atoms with E-state index in [0.717, 1.165) is 13.1 Å². The van der Waals surface area contributed by atoms with Crippen LogP contribution < -0.4 is 10.1 Å². The number of hydrogen-bond acceptors (Lipinski definition) is 4. The van der Waals surface area contributed by atoms with E-state index in [1.54, 1.807) is 11.0 Å². The SMILES string of the molecule is C=CCOc1ccc(F)c(COC(=O)N2C(C)CNCC2C)c1. The minimum Gasteiger partial charge on any atom is -0.490 e. The molecule has 0 spiro atoms. The van der Waals surface area contributed by atoms with Gasteiger partial charge < -0.3 is 19.7 Å². The van der Waals surface area contributed by atoms with Crippen LogP contribution in [0.1, 0.15) is 19.4 Å². The van der Waals surface area contributed by atoms with Gasteiger partial charge in [-0.1, -0.05) is 12.7 Å². The van der Waals surface area contributed by atoms with Gasteiger partial charge in [-0.25, -0.2) is 9.18 Å². The summed E-state index contributed by atoms with van der Waals surface area (Å²) in [7, 11) is 0. The lowest BCUT2D eigenvalue weighted by molar-refractivity contribution is 0.0557. The summed E-state index contributed by atoms with van der Waals surface area (Å²) >= 11 is 0. The summed E-state index contributed by atoms with van der Waals surface area (Å²) in [5.74, 6) is 0.0893. The van der Waals surface area contributed by atoms with Crippen molar-refractivity contribution in [3.63, 3.8) is 0 Å². The number of ether oxygens (including phenoxy) is 2. The molecule has 1 aromatic carbocycles. The molecule has 6 heteroatoms. The largest absolute Gasteiger partial charge is 0.490 e. The van der Waals surface area contributed by atoms with Crippen molar-refractivity contribution in [3.05, 3.63) is 42.2 Å². The van der Waals surface area contributed by atoms with E-state index in [4.69, 9.17) is 9.47 Å². The fraction of sp³-hybridized carbons (Fsp3) is 0.471. The van der Waals surface area contributed by atoms with Crippen LogP contribution in [0.3, 0.4) is 0 Å². The Bertz CT molecular complexity index is 555. The number of rotatable bonds is 5. The molecule has 2 atom stereocenters. The molecule has 1 aliphatic rings. The molecular weight excluding hydrogens is 299 g/mol. The van der Waals surface area contributed by atoms with Gasteiger partial charge in [0, 0.05) is 30.7 Å². The number of nitrogens with one attached hydrogen (secondary N) is 1. The molecule has 0 aromatic heterocycles. The molecule has 1 aliphatic heterocycles. The van der Waals surface area contributed by atoms with Crippen molar-refractivity contribution in [2.45, 2.75) is 32.5 Å². The minimum absolute atomic E-state index is 0.0401. The van der Waals surface area contributed by atoms with Gasteiger partial charge in [-0.05, 0) is 32.0 Å². The second kappa shape index (κ2) is 7.97. The van der Waals surface area contributed by atoms with E-state index >= 15 is 0 Å². The lowest BCUT2D eigenvalue weighted by Crippen LogP contribution is -2.57. The summed E-state index contributed by atoms with van der Waals surface area (Å²) < 4.78 is 24.5. The summed E-state index contributed by atoms with van der Waals surface area (Å²) in [5.41, 5.74) is 0.287. The van der Waals surface area contributed by atoms with Crippen molar-refractivity contribution < 1.29 is 18.7 Å². The third-order valence-electron chi connectivity index (χ3n) is 3.78. The third kappa shape index (κ3) is 4.45. The molecule has 0 radical (unpaired) electrons. The molecule has 1 amide bonds. The number of benzene rings is 1. The maximum atomic E-state index is 13.8. The number of carbonyl (C=O) groups excluding carboxylic acids is 1. The first-order chi connectivity index (χ1) is 11.0. The third-order valence-corrected chi connectivity index (χ3v) is 3.78. The summed E-state index contributed by atoms with van der Waals surface area (Å²) in [6.07, 6.45) is 1.18. The molecule has 2 unspecified atom stereocenters. The quantitative estimate of drug-likeness (QED) is 0.847. The number of piperazine rings is 1. The van der Waals surface area contributed by atoms with Crippen LogP contribution in [0.2, 0.25) is 0 Å². The van der Waals surface area contributed by atoms with Crippen LogP contribution in [0, 0.1) is 5.82 Å². The molecular formula is C17H23FN2O3. The molecule has 5 nitrogen and oxygen atoms in total. The van der Waals surface area contributed by atoms with Crippen LogP contribution in [-0.2, 0) is 11.3 Å². The first kappa shape index (κ1) is 17.3. The van der Waals surface area contributed by atoms with Crippen molar-refractivity contribution in [1.82, 2.24) is 10.2 Å². The zero-order valence-corrected chi connectivity index (χ0v) is 13.5. The number of amides is 1. The highest BCUT2D eigenvalue weighted by atomic mass is 19.1. The van der Waals surface area contributed by atoms with Gasteiger partial charge >= 0.3 is 6.09 Å². The van der Waals surface area contributed by atoms with Crippen molar-refractivity contribution in [2.75, 3.05) is 19.7 Å². The lowest BCUT2D eigenvalue weighted by atomic mass is 10.1. The van der Waals surface area contributed by atoms with Crippen molar-refractivity contribution >= 4 is 6.09 Å². The van der Waals surface area contributed by atoms with Gasteiger partial charge in [-0.2, -0.15) is 0 Å². The average molecular weight is 322 g/mol. The number of halogens is 1. The zero-order chi connectivity index (χ0) is 16.8. The first-order valence-corrected chi connectivity index (χ1v) is 7.71. The normalized spacial score (nSPS) is 20.9. The summed E-state index contributed by atoms with van der Waals surface area (Å²) in [4.78, 5) is 14.0. The molecule has 1 fully saturated rings. The number of hydrogen-bond donors (Lipinski definition) is 1. The summed E-state index contributed by atoms with van der Waals surface area (Å²) in [6.45, 7) is 9.12. The highest BCUT2D eigenvalue weighted by molar-refractivity contribution is 5.68. The van der Waals surface area contributed by atoms with Crippen LogP contribution in [0.4, 0.5) is 9.18 Å². The standard InChI is InChI=1S/C17H23FN2O3/c1-4-7-22-15-5-6-16(18)14(8-15)11-23-17(21)20-12(2)9-19-10-13(20)3/h4-6,8,12-13,19H,1,7,9-11H2,2-3H3. The van der Waals surface area contributed by atoms with E-state index in [-0.39, 0.29) is 24.3 Å². The molecule has 23 heavy (non-hydrogen) atoms. The van der Waals surface area contributed by atoms with Crippen molar-refractivity contribution in [1.29, 1.82) is 0 Å². The second-order valence-corrected chi connectivity index (χ2v) is 5.67. The van der Waals surface area contributed by atoms with Gasteiger partial charge in [0.2, 0.25) is 0 Å². The first-order valence-electron chi connectivity index (χ1n) is 7.71. The van der Waals surface area contributed by atoms with Gasteiger partial charge in [0.05, 0.1) is 0 Å². The smallest absolute Gasteiger partial charge is 0.410 e. The number of nitrogens with zero attached hydrogens (tertiary/aromatic N) is 1. The molecule has 2 rings (SSSR count). The predicted molar refractivity (Wildman–Crippen MR) is 85.9 cm³/mol. The van der Waals surface area contributed by atoms with E-state index in [1.807, 2.05) is 13.8 Å². The van der Waals surface area contributed by atoms with E-state index in [2.05, 4.69) is 11.9 Å². The average Bonchev–Trinajstić information content (AvgIpc) is 2.52. The Labute approximate surface area is 136 Å². The highest BCUT2D eigenvalue weighted by Crippen LogP contribution is 2.19. The molecule has 1 N–H and O–H groups in total. The second-order valence-electron chi connectivity index (χ2n) is 5.67. The van der Waals surface area contributed by atoms with E-state index < -0.39 is 11.9 Å². The Kier molecular flexibility index (Phi) is 5.98. The van der Waals surface area contributed by atoms with E-state index in [1.165, 1.54) is 18.2 Å². The maximum absolute atomic E-state index is 13.8. The zero-order valence-electron chi connectivity index (χ0n) is 13.5. The van der Waals surface area contributed by atoms with E-state index in [0.29, 0.717) is 12.4 Å². The van der Waals surface area contributed by atoms with Gasteiger partial charge in [-0.15, -0.1) is 0 Å². The Morgan fingerprint density at radius 3 is 2.78 bits per heavy atom.